The van der Waals surface area contributed by atoms with Crippen LogP contribution in [-0.2, 0) is 9.53 Å². The maximum absolute atomic E-state index is 12.3. The van der Waals surface area contributed by atoms with Crippen LogP contribution in [0.3, 0.4) is 0 Å². The van der Waals surface area contributed by atoms with Gasteiger partial charge in [0.25, 0.3) is 5.91 Å². The number of Topliss-reactive ketones (excluding diaryl/α,β-unsaturated/α-hetero) is 1. The highest BCUT2D eigenvalue weighted by Gasteiger charge is 2.20. The molecule has 2 aromatic carbocycles. The Balaban J connectivity index is 2.05. The molecule has 2 aromatic rings. The number of nitrogens with one attached hydrogen (secondary N) is 1. The molecule has 0 saturated carbocycles. The topological polar surface area (TPSA) is 72.5 Å². The van der Waals surface area contributed by atoms with Crippen LogP contribution in [0.1, 0.15) is 45.7 Å². The first-order chi connectivity index (χ1) is 11.8. The maximum atomic E-state index is 12.3. The van der Waals surface area contributed by atoms with E-state index in [0.717, 1.165) is 11.1 Å². The Bertz CT molecular complexity index is 826. The quantitative estimate of drug-likeness (QED) is 0.666. The predicted octanol–water partition coefficient (Wildman–Crippen LogP) is 3.69. The van der Waals surface area contributed by atoms with E-state index in [1.165, 1.54) is 13.8 Å². The summed E-state index contributed by atoms with van der Waals surface area (Å²) in [5, 5.41) is 2.65. The van der Waals surface area contributed by atoms with Gasteiger partial charge in [0.2, 0.25) is 0 Å². The largest absolute Gasteiger partial charge is 0.449 e. The molecule has 0 aromatic heterocycles. The number of carbonyl (C=O) groups is 3. The number of benzene rings is 2. The molecule has 0 radical (unpaired) electrons. The summed E-state index contributed by atoms with van der Waals surface area (Å²) in [6.45, 7) is 6.71. The second-order valence-electron chi connectivity index (χ2n) is 5.92. The van der Waals surface area contributed by atoms with Crippen molar-refractivity contribution in [3.05, 3.63) is 64.7 Å². The molecule has 2 rings (SSSR count). The van der Waals surface area contributed by atoms with Crippen LogP contribution in [0.4, 0.5) is 5.69 Å². The number of ether oxygens (including phenoxy) is 1. The molecule has 5 heteroatoms. The van der Waals surface area contributed by atoms with Crippen molar-refractivity contribution in [1.29, 1.82) is 0 Å². The second-order valence-corrected chi connectivity index (χ2v) is 5.92. The van der Waals surface area contributed by atoms with Crippen LogP contribution in [0.15, 0.2) is 42.5 Å². The zero-order chi connectivity index (χ0) is 18.6. The molecule has 0 heterocycles. The van der Waals surface area contributed by atoms with Crippen molar-refractivity contribution in [2.24, 2.45) is 0 Å². The Kier molecular flexibility index (Phi) is 5.70. The smallest absolute Gasteiger partial charge is 0.339 e. The zero-order valence-corrected chi connectivity index (χ0v) is 14.8. The van der Waals surface area contributed by atoms with Crippen LogP contribution < -0.4 is 5.32 Å². The minimum Gasteiger partial charge on any atom is -0.449 e. The van der Waals surface area contributed by atoms with Crippen LogP contribution in [0.2, 0.25) is 0 Å². The van der Waals surface area contributed by atoms with Gasteiger partial charge in [0.05, 0.1) is 5.56 Å². The summed E-state index contributed by atoms with van der Waals surface area (Å²) in [4.78, 5) is 35.9. The molecule has 25 heavy (non-hydrogen) atoms. The summed E-state index contributed by atoms with van der Waals surface area (Å²) < 4.78 is 5.27. The van der Waals surface area contributed by atoms with Crippen molar-refractivity contribution in [2.45, 2.75) is 33.8 Å². The highest BCUT2D eigenvalue weighted by atomic mass is 16.5. The molecule has 130 valence electrons. The maximum Gasteiger partial charge on any atom is 0.339 e. The molecular weight excluding hydrogens is 318 g/mol. The van der Waals surface area contributed by atoms with Crippen molar-refractivity contribution in [1.82, 2.24) is 0 Å². The molecular formula is C20H21NO4. The standard InChI is InChI=1S/C20H21NO4/c1-12-7-5-10-18(13(12)2)20(24)25-15(4)19(23)21-17-9-6-8-16(11-17)14(3)22/h5-11,15H,1-4H3,(H,21,23)/t15-/m1/s1. The third-order valence-corrected chi connectivity index (χ3v) is 4.01. The van der Waals surface area contributed by atoms with Crippen LogP contribution in [0.25, 0.3) is 0 Å². The van der Waals surface area contributed by atoms with Gasteiger partial charge in [-0.3, -0.25) is 9.59 Å². The van der Waals surface area contributed by atoms with Crippen molar-refractivity contribution in [3.8, 4) is 0 Å². The van der Waals surface area contributed by atoms with Gasteiger partial charge >= 0.3 is 5.97 Å². The Morgan fingerprint density at radius 2 is 1.72 bits per heavy atom. The van der Waals surface area contributed by atoms with Crippen LogP contribution in [0.5, 0.6) is 0 Å². The summed E-state index contributed by atoms with van der Waals surface area (Å²) in [6.07, 6.45) is -0.964. The van der Waals surface area contributed by atoms with E-state index in [9.17, 15) is 14.4 Å². The van der Waals surface area contributed by atoms with E-state index in [2.05, 4.69) is 5.32 Å². The molecule has 0 aliphatic heterocycles. The molecule has 0 fully saturated rings. The third kappa shape index (κ3) is 4.53. The average molecular weight is 339 g/mol. The van der Waals surface area contributed by atoms with Gasteiger partial charge in [0, 0.05) is 11.3 Å². The minimum absolute atomic E-state index is 0.0921. The Morgan fingerprint density at radius 3 is 2.40 bits per heavy atom. The van der Waals surface area contributed by atoms with Crippen LogP contribution in [0, 0.1) is 13.8 Å². The first-order valence-electron chi connectivity index (χ1n) is 7.98. The Hall–Kier alpha value is -2.95. The van der Waals surface area contributed by atoms with Crippen molar-refractivity contribution in [3.63, 3.8) is 0 Å². The summed E-state index contributed by atoms with van der Waals surface area (Å²) in [5.74, 6) is -1.09. The van der Waals surface area contributed by atoms with Gasteiger partial charge in [-0.15, -0.1) is 0 Å². The summed E-state index contributed by atoms with van der Waals surface area (Å²) in [5.41, 5.74) is 3.23. The molecule has 0 spiro atoms. The van der Waals surface area contributed by atoms with Crippen molar-refractivity contribution in [2.75, 3.05) is 5.32 Å². The highest BCUT2D eigenvalue weighted by molar-refractivity contribution is 5.99. The zero-order valence-electron chi connectivity index (χ0n) is 14.8. The fraction of sp³-hybridized carbons (Fsp3) is 0.250. The van der Waals surface area contributed by atoms with E-state index < -0.39 is 18.0 Å². The summed E-state index contributed by atoms with van der Waals surface area (Å²) >= 11 is 0. The van der Waals surface area contributed by atoms with Crippen molar-refractivity contribution >= 4 is 23.3 Å². The van der Waals surface area contributed by atoms with Crippen LogP contribution >= 0.6 is 0 Å². The van der Waals surface area contributed by atoms with E-state index in [4.69, 9.17) is 4.74 Å². The van der Waals surface area contributed by atoms with E-state index in [1.54, 1.807) is 36.4 Å². The number of hydrogen-bond acceptors (Lipinski definition) is 4. The van der Waals surface area contributed by atoms with E-state index >= 15 is 0 Å². The first kappa shape index (κ1) is 18.4. The number of anilines is 1. The van der Waals surface area contributed by atoms with E-state index in [-0.39, 0.29) is 5.78 Å². The number of carbonyl (C=O) groups excluding carboxylic acids is 3. The summed E-state index contributed by atoms with van der Waals surface area (Å²) in [6, 6.07) is 12.0. The lowest BCUT2D eigenvalue weighted by molar-refractivity contribution is -0.123. The van der Waals surface area contributed by atoms with E-state index in [1.807, 2.05) is 19.9 Å². The average Bonchev–Trinajstić information content (AvgIpc) is 2.57. The van der Waals surface area contributed by atoms with Crippen molar-refractivity contribution < 1.29 is 19.1 Å². The molecule has 1 atom stereocenters. The monoisotopic (exact) mass is 339 g/mol. The number of rotatable bonds is 5. The third-order valence-electron chi connectivity index (χ3n) is 4.01. The lowest BCUT2D eigenvalue weighted by atomic mass is 10.0. The molecule has 0 bridgehead atoms. The fourth-order valence-electron chi connectivity index (χ4n) is 2.31. The van der Waals surface area contributed by atoms with Crippen LogP contribution in [-0.4, -0.2) is 23.8 Å². The van der Waals surface area contributed by atoms with Gasteiger partial charge in [0.1, 0.15) is 0 Å². The molecule has 5 nitrogen and oxygen atoms in total. The summed E-state index contributed by atoms with van der Waals surface area (Å²) in [7, 11) is 0. The molecule has 0 saturated heterocycles. The van der Waals surface area contributed by atoms with Gasteiger partial charge in [-0.2, -0.15) is 0 Å². The number of ketones is 1. The number of aryl methyl sites for hydroxylation is 1. The number of hydrogen-bond donors (Lipinski definition) is 1. The predicted molar refractivity (Wildman–Crippen MR) is 95.9 cm³/mol. The van der Waals surface area contributed by atoms with E-state index in [0.29, 0.717) is 16.8 Å². The SMILES string of the molecule is CC(=O)c1cccc(NC(=O)[C@@H](C)OC(=O)c2cccc(C)c2C)c1. The van der Waals surface area contributed by atoms with Gasteiger partial charge in [-0.05, 0) is 57.0 Å². The van der Waals surface area contributed by atoms with Gasteiger partial charge in [-0.1, -0.05) is 24.3 Å². The van der Waals surface area contributed by atoms with Gasteiger partial charge in [-0.25, -0.2) is 4.79 Å². The highest BCUT2D eigenvalue weighted by Crippen LogP contribution is 2.16. The molecule has 0 aliphatic rings. The second kappa shape index (κ2) is 7.75. The number of esters is 1. The normalized spacial score (nSPS) is 11.5. The molecule has 1 amide bonds. The Morgan fingerprint density at radius 1 is 1.04 bits per heavy atom. The lowest BCUT2D eigenvalue weighted by Crippen LogP contribution is -2.30. The molecule has 0 unspecified atom stereocenters. The lowest BCUT2D eigenvalue weighted by Gasteiger charge is -2.15. The Labute approximate surface area is 147 Å². The molecule has 1 N–H and O–H groups in total. The fourth-order valence-corrected chi connectivity index (χ4v) is 2.31. The first-order valence-corrected chi connectivity index (χ1v) is 7.98. The van der Waals surface area contributed by atoms with Gasteiger partial charge < -0.3 is 10.1 Å². The van der Waals surface area contributed by atoms with Gasteiger partial charge in [0.15, 0.2) is 11.9 Å². The molecule has 0 aliphatic carbocycles. The number of amides is 1. The minimum atomic E-state index is -0.964.